The summed E-state index contributed by atoms with van der Waals surface area (Å²) in [4.78, 5) is 14.8. The molecule has 7 nitrogen and oxygen atoms in total. The van der Waals surface area contributed by atoms with Crippen molar-refractivity contribution >= 4 is 21.7 Å². The number of carbonyl (C=O) groups excluding carboxylic acids is 1. The highest BCUT2D eigenvalue weighted by Gasteiger charge is 2.30. The van der Waals surface area contributed by atoms with Gasteiger partial charge in [-0.2, -0.15) is 4.31 Å². The van der Waals surface area contributed by atoms with E-state index in [4.69, 9.17) is 5.73 Å². The molecule has 0 aliphatic carbocycles. The van der Waals surface area contributed by atoms with Crippen LogP contribution in [0.25, 0.3) is 0 Å². The van der Waals surface area contributed by atoms with Crippen molar-refractivity contribution in [1.29, 1.82) is 0 Å². The van der Waals surface area contributed by atoms with Crippen molar-refractivity contribution in [2.24, 2.45) is 0 Å². The van der Waals surface area contributed by atoms with Crippen LogP contribution in [0.15, 0.2) is 23.2 Å². The summed E-state index contributed by atoms with van der Waals surface area (Å²) in [6.07, 6.45) is 1.41. The summed E-state index contributed by atoms with van der Waals surface area (Å²) >= 11 is 0. The highest BCUT2D eigenvalue weighted by atomic mass is 32.2. The lowest BCUT2D eigenvalue weighted by molar-refractivity contribution is -0.122. The molecule has 0 atom stereocenters. The summed E-state index contributed by atoms with van der Waals surface area (Å²) in [7, 11) is -3.74. The third-order valence-electron chi connectivity index (χ3n) is 2.42. The van der Waals surface area contributed by atoms with E-state index in [1.165, 1.54) is 18.3 Å². The zero-order chi connectivity index (χ0) is 12.5. The number of hydrogen-bond donors (Lipinski definition) is 2. The fourth-order valence-corrected chi connectivity index (χ4v) is 3.04. The van der Waals surface area contributed by atoms with Crippen molar-refractivity contribution in [2.75, 3.05) is 25.4 Å². The molecule has 1 aromatic rings. The predicted molar refractivity (Wildman–Crippen MR) is 60.4 cm³/mol. The number of amides is 1. The second kappa shape index (κ2) is 4.30. The van der Waals surface area contributed by atoms with Gasteiger partial charge in [0.05, 0.1) is 6.54 Å². The Morgan fingerprint density at radius 2 is 2.24 bits per heavy atom. The van der Waals surface area contributed by atoms with Crippen LogP contribution in [0.3, 0.4) is 0 Å². The standard InChI is InChI=1S/C9H12N4O3S/c10-9-7(2-1-3-12-9)17(15,16)13-5-4-11-8(14)6-13/h1-3H,4-6H2,(H2,10,12)(H,11,14). The fraction of sp³-hybridized carbons (Fsp3) is 0.333. The SMILES string of the molecule is Nc1ncccc1S(=O)(=O)N1CCNC(=O)C1. The van der Waals surface area contributed by atoms with Crippen molar-refractivity contribution in [1.82, 2.24) is 14.6 Å². The molecule has 8 heteroatoms. The molecule has 0 spiro atoms. The molecule has 1 amide bonds. The lowest BCUT2D eigenvalue weighted by Crippen LogP contribution is -2.49. The number of nitrogens with two attached hydrogens (primary N) is 1. The minimum atomic E-state index is -3.74. The number of sulfonamides is 1. The Hall–Kier alpha value is -1.67. The molecule has 1 aliphatic rings. The van der Waals surface area contributed by atoms with E-state index in [9.17, 15) is 13.2 Å². The maximum atomic E-state index is 12.2. The lowest BCUT2D eigenvalue weighted by Gasteiger charge is -2.26. The van der Waals surface area contributed by atoms with Crippen molar-refractivity contribution in [3.63, 3.8) is 0 Å². The number of nitrogens with zero attached hydrogens (tertiary/aromatic N) is 2. The summed E-state index contributed by atoms with van der Waals surface area (Å²) in [5.41, 5.74) is 5.53. The van der Waals surface area contributed by atoms with Crippen LogP contribution in [0.1, 0.15) is 0 Å². The van der Waals surface area contributed by atoms with E-state index in [1.54, 1.807) is 0 Å². The van der Waals surface area contributed by atoms with Crippen LogP contribution in [0, 0.1) is 0 Å². The highest BCUT2D eigenvalue weighted by molar-refractivity contribution is 7.89. The molecule has 0 radical (unpaired) electrons. The van der Waals surface area contributed by atoms with E-state index in [-0.39, 0.29) is 29.7 Å². The molecule has 1 aromatic heterocycles. The number of nitrogen functional groups attached to an aromatic ring is 1. The van der Waals surface area contributed by atoms with Gasteiger partial charge in [0.1, 0.15) is 10.7 Å². The number of piperazine rings is 1. The van der Waals surface area contributed by atoms with Gasteiger partial charge in [-0.25, -0.2) is 13.4 Å². The summed E-state index contributed by atoms with van der Waals surface area (Å²) in [6.45, 7) is 0.358. The maximum Gasteiger partial charge on any atom is 0.247 e. The first kappa shape index (κ1) is 11.8. The Balaban J connectivity index is 2.36. The van der Waals surface area contributed by atoms with Gasteiger partial charge in [-0.15, -0.1) is 0 Å². The van der Waals surface area contributed by atoms with Crippen molar-refractivity contribution in [2.45, 2.75) is 4.90 Å². The molecule has 1 aliphatic heterocycles. The zero-order valence-corrected chi connectivity index (χ0v) is 9.77. The van der Waals surface area contributed by atoms with Crippen LogP contribution < -0.4 is 11.1 Å². The Morgan fingerprint density at radius 3 is 2.88 bits per heavy atom. The second-order valence-corrected chi connectivity index (χ2v) is 5.48. The molecule has 0 saturated carbocycles. The molecule has 17 heavy (non-hydrogen) atoms. The maximum absolute atomic E-state index is 12.2. The van der Waals surface area contributed by atoms with Gasteiger partial charge < -0.3 is 11.1 Å². The Bertz CT molecular complexity index is 543. The van der Waals surface area contributed by atoms with Crippen LogP contribution in [0.5, 0.6) is 0 Å². The number of hydrogen-bond acceptors (Lipinski definition) is 5. The number of carbonyl (C=O) groups is 1. The van der Waals surface area contributed by atoms with Gasteiger partial charge in [-0.05, 0) is 12.1 Å². The fourth-order valence-electron chi connectivity index (χ4n) is 1.58. The molecule has 1 saturated heterocycles. The topological polar surface area (TPSA) is 105 Å². The largest absolute Gasteiger partial charge is 0.383 e. The van der Waals surface area contributed by atoms with Crippen LogP contribution in [0.2, 0.25) is 0 Å². The molecule has 2 rings (SSSR count). The van der Waals surface area contributed by atoms with E-state index in [1.807, 2.05) is 0 Å². The van der Waals surface area contributed by atoms with Gasteiger partial charge in [0.15, 0.2) is 0 Å². The van der Waals surface area contributed by atoms with Gasteiger partial charge in [0.2, 0.25) is 15.9 Å². The minimum Gasteiger partial charge on any atom is -0.383 e. The quantitative estimate of drug-likeness (QED) is 0.690. The number of anilines is 1. The first-order valence-corrected chi connectivity index (χ1v) is 6.43. The molecule has 3 N–H and O–H groups in total. The third kappa shape index (κ3) is 2.22. The number of aromatic nitrogens is 1. The van der Waals surface area contributed by atoms with Crippen LogP contribution in [0.4, 0.5) is 5.82 Å². The summed E-state index contributed by atoms with van der Waals surface area (Å²) in [5.74, 6) is -0.374. The van der Waals surface area contributed by atoms with Gasteiger partial charge in [0, 0.05) is 19.3 Å². The van der Waals surface area contributed by atoms with Crippen molar-refractivity contribution in [3.8, 4) is 0 Å². The first-order valence-electron chi connectivity index (χ1n) is 4.99. The van der Waals surface area contributed by atoms with E-state index in [2.05, 4.69) is 10.3 Å². The average Bonchev–Trinajstić information content (AvgIpc) is 2.29. The summed E-state index contributed by atoms with van der Waals surface area (Å²) < 4.78 is 25.5. The molecule has 0 bridgehead atoms. The van der Waals surface area contributed by atoms with Crippen LogP contribution in [-0.4, -0.2) is 43.2 Å². The summed E-state index contributed by atoms with van der Waals surface area (Å²) in [6, 6.07) is 2.87. The van der Waals surface area contributed by atoms with E-state index in [0.717, 1.165) is 4.31 Å². The van der Waals surface area contributed by atoms with Gasteiger partial charge in [-0.3, -0.25) is 4.79 Å². The number of rotatable bonds is 2. The molecule has 0 aromatic carbocycles. The molecule has 92 valence electrons. The van der Waals surface area contributed by atoms with Crippen molar-refractivity contribution < 1.29 is 13.2 Å². The minimum absolute atomic E-state index is 0.0570. The van der Waals surface area contributed by atoms with E-state index in [0.29, 0.717) is 6.54 Å². The lowest BCUT2D eigenvalue weighted by atomic mass is 10.4. The zero-order valence-electron chi connectivity index (χ0n) is 8.96. The van der Waals surface area contributed by atoms with Gasteiger partial charge in [0.25, 0.3) is 0 Å². The van der Waals surface area contributed by atoms with Gasteiger partial charge in [-0.1, -0.05) is 0 Å². The molecule has 1 fully saturated rings. The van der Waals surface area contributed by atoms with Crippen LogP contribution >= 0.6 is 0 Å². The Labute approximate surface area is 98.7 Å². The smallest absolute Gasteiger partial charge is 0.247 e. The van der Waals surface area contributed by atoms with E-state index < -0.39 is 10.0 Å². The molecular formula is C9H12N4O3S. The molecular weight excluding hydrogens is 244 g/mol. The Kier molecular flexibility index (Phi) is 2.99. The van der Waals surface area contributed by atoms with Crippen LogP contribution in [-0.2, 0) is 14.8 Å². The average molecular weight is 256 g/mol. The predicted octanol–water partition coefficient (Wildman–Crippen LogP) is -1.22. The van der Waals surface area contributed by atoms with E-state index >= 15 is 0 Å². The third-order valence-corrected chi connectivity index (χ3v) is 4.31. The summed E-state index contributed by atoms with van der Waals surface area (Å²) in [5, 5.41) is 2.56. The number of nitrogens with one attached hydrogen (secondary N) is 1. The molecule has 0 unspecified atom stereocenters. The first-order chi connectivity index (χ1) is 8.01. The monoisotopic (exact) mass is 256 g/mol. The van der Waals surface area contributed by atoms with Gasteiger partial charge >= 0.3 is 0 Å². The highest BCUT2D eigenvalue weighted by Crippen LogP contribution is 2.20. The Morgan fingerprint density at radius 1 is 1.47 bits per heavy atom. The number of pyridine rings is 1. The van der Waals surface area contributed by atoms with Crippen molar-refractivity contribution in [3.05, 3.63) is 18.3 Å². The molecule has 2 heterocycles. The normalized spacial score (nSPS) is 17.8. The second-order valence-electron chi connectivity index (χ2n) is 3.58.